The standard InChI is InChI=1S/C18H14N2O4/c1-3-17(21)23-15-9-5-13(6-10-15)19-20-14-7-11-16(12-8-14)24-18(22)4-2/h3-12H,1-2H2. The van der Waals surface area contributed by atoms with Gasteiger partial charge in [0.05, 0.1) is 11.4 Å². The molecule has 120 valence electrons. The van der Waals surface area contributed by atoms with Crippen molar-refractivity contribution in [3.63, 3.8) is 0 Å². The molecule has 0 amide bonds. The number of esters is 2. The molecule has 0 aliphatic heterocycles. The van der Waals surface area contributed by atoms with Crippen LogP contribution in [0.1, 0.15) is 0 Å². The summed E-state index contributed by atoms with van der Waals surface area (Å²) in [5.74, 6) is -0.261. The SMILES string of the molecule is C=CC(=O)Oc1ccc(N=Nc2ccc(OC(=O)C=C)cc2)cc1. The van der Waals surface area contributed by atoms with Crippen LogP contribution in [0.2, 0.25) is 0 Å². The Kier molecular flexibility index (Phi) is 5.74. The number of hydrogen-bond donors (Lipinski definition) is 0. The molecule has 0 aromatic heterocycles. The molecule has 0 N–H and O–H groups in total. The quantitative estimate of drug-likeness (QED) is 0.344. The largest absolute Gasteiger partial charge is 0.423 e. The third kappa shape index (κ3) is 5.03. The number of ether oxygens (including phenoxy) is 2. The van der Waals surface area contributed by atoms with Gasteiger partial charge in [-0.25, -0.2) is 9.59 Å². The van der Waals surface area contributed by atoms with Gasteiger partial charge < -0.3 is 9.47 Å². The Morgan fingerprint density at radius 1 is 0.708 bits per heavy atom. The second-order valence-corrected chi connectivity index (χ2v) is 4.44. The summed E-state index contributed by atoms with van der Waals surface area (Å²) in [5, 5.41) is 8.13. The van der Waals surface area contributed by atoms with Crippen LogP contribution in [-0.2, 0) is 9.59 Å². The lowest BCUT2D eigenvalue weighted by Gasteiger charge is -2.01. The Balaban J connectivity index is 1.99. The van der Waals surface area contributed by atoms with Crippen molar-refractivity contribution < 1.29 is 19.1 Å². The van der Waals surface area contributed by atoms with Crippen molar-refractivity contribution in [1.29, 1.82) is 0 Å². The Hall–Kier alpha value is -3.54. The minimum Gasteiger partial charge on any atom is -0.423 e. The van der Waals surface area contributed by atoms with Gasteiger partial charge in [0, 0.05) is 12.2 Å². The summed E-state index contributed by atoms with van der Waals surface area (Å²) in [4.78, 5) is 22.1. The van der Waals surface area contributed by atoms with E-state index in [1.165, 1.54) is 0 Å². The van der Waals surface area contributed by atoms with Crippen LogP contribution in [0.3, 0.4) is 0 Å². The highest BCUT2D eigenvalue weighted by molar-refractivity contribution is 5.83. The Morgan fingerprint density at radius 3 is 1.33 bits per heavy atom. The molecule has 0 spiro atoms. The van der Waals surface area contributed by atoms with Gasteiger partial charge in [0.25, 0.3) is 0 Å². The van der Waals surface area contributed by atoms with E-state index in [9.17, 15) is 9.59 Å². The topological polar surface area (TPSA) is 77.3 Å². The molecule has 0 heterocycles. The van der Waals surface area contributed by atoms with Crippen LogP contribution in [0.4, 0.5) is 11.4 Å². The molecule has 6 heteroatoms. The van der Waals surface area contributed by atoms with Crippen LogP contribution in [0.15, 0.2) is 84.1 Å². The predicted octanol–water partition coefficient (Wildman–Crippen LogP) is 4.28. The van der Waals surface area contributed by atoms with Crippen LogP contribution in [-0.4, -0.2) is 11.9 Å². The molecule has 24 heavy (non-hydrogen) atoms. The van der Waals surface area contributed by atoms with E-state index in [0.29, 0.717) is 22.9 Å². The molecule has 0 aliphatic carbocycles. The summed E-state index contributed by atoms with van der Waals surface area (Å²) in [7, 11) is 0. The fourth-order valence-corrected chi connectivity index (χ4v) is 1.59. The first kappa shape index (κ1) is 16.8. The van der Waals surface area contributed by atoms with Crippen molar-refractivity contribution in [3.05, 3.63) is 73.8 Å². The van der Waals surface area contributed by atoms with Crippen molar-refractivity contribution >= 4 is 23.3 Å². The minimum atomic E-state index is -0.526. The van der Waals surface area contributed by atoms with Crippen LogP contribution in [0.25, 0.3) is 0 Å². The monoisotopic (exact) mass is 322 g/mol. The van der Waals surface area contributed by atoms with Crippen molar-refractivity contribution in [3.8, 4) is 11.5 Å². The fourth-order valence-electron chi connectivity index (χ4n) is 1.59. The number of benzene rings is 2. The van der Waals surface area contributed by atoms with Crippen LogP contribution < -0.4 is 9.47 Å². The molecule has 0 saturated heterocycles. The van der Waals surface area contributed by atoms with Gasteiger partial charge >= 0.3 is 11.9 Å². The smallest absolute Gasteiger partial charge is 0.335 e. The third-order valence-electron chi connectivity index (χ3n) is 2.72. The first-order valence-corrected chi connectivity index (χ1v) is 6.91. The second-order valence-electron chi connectivity index (χ2n) is 4.44. The van der Waals surface area contributed by atoms with E-state index in [2.05, 4.69) is 23.4 Å². The number of carbonyl (C=O) groups excluding carboxylic acids is 2. The van der Waals surface area contributed by atoms with Gasteiger partial charge in [-0.15, -0.1) is 0 Å². The van der Waals surface area contributed by atoms with E-state index in [-0.39, 0.29) is 0 Å². The number of hydrogen-bond acceptors (Lipinski definition) is 6. The zero-order chi connectivity index (χ0) is 17.4. The van der Waals surface area contributed by atoms with Gasteiger partial charge in [-0.05, 0) is 48.5 Å². The maximum Gasteiger partial charge on any atom is 0.335 e. The summed E-state index contributed by atoms with van der Waals surface area (Å²) >= 11 is 0. The molecule has 0 atom stereocenters. The van der Waals surface area contributed by atoms with E-state index >= 15 is 0 Å². The molecular formula is C18H14N2O4. The maximum atomic E-state index is 11.1. The van der Waals surface area contributed by atoms with Gasteiger partial charge in [0.1, 0.15) is 11.5 Å². The van der Waals surface area contributed by atoms with Crippen molar-refractivity contribution in [2.45, 2.75) is 0 Å². The van der Waals surface area contributed by atoms with Gasteiger partial charge in [0.2, 0.25) is 0 Å². The van der Waals surface area contributed by atoms with Crippen LogP contribution >= 0.6 is 0 Å². The lowest BCUT2D eigenvalue weighted by Crippen LogP contribution is -2.02. The lowest BCUT2D eigenvalue weighted by atomic mass is 10.3. The highest BCUT2D eigenvalue weighted by Gasteiger charge is 2.01. The Labute approximate surface area is 138 Å². The minimum absolute atomic E-state index is 0.396. The predicted molar refractivity (Wildman–Crippen MR) is 88.7 cm³/mol. The van der Waals surface area contributed by atoms with Gasteiger partial charge in [-0.1, -0.05) is 13.2 Å². The Morgan fingerprint density at radius 2 is 1.04 bits per heavy atom. The second kappa shape index (κ2) is 8.19. The first-order chi connectivity index (χ1) is 11.6. The van der Waals surface area contributed by atoms with Gasteiger partial charge in [-0.3, -0.25) is 0 Å². The average Bonchev–Trinajstić information content (AvgIpc) is 2.62. The summed E-state index contributed by atoms with van der Waals surface area (Å²) in [5.41, 5.74) is 1.19. The molecule has 0 fully saturated rings. The molecule has 2 aromatic rings. The molecular weight excluding hydrogens is 308 g/mol. The lowest BCUT2D eigenvalue weighted by molar-refractivity contribution is -0.129. The van der Waals surface area contributed by atoms with Crippen molar-refractivity contribution in [2.75, 3.05) is 0 Å². The van der Waals surface area contributed by atoms with E-state index in [4.69, 9.17) is 9.47 Å². The maximum absolute atomic E-state index is 11.1. The molecule has 6 nitrogen and oxygen atoms in total. The molecule has 0 radical (unpaired) electrons. The fraction of sp³-hybridized carbons (Fsp3) is 0. The van der Waals surface area contributed by atoms with Crippen LogP contribution in [0, 0.1) is 0 Å². The van der Waals surface area contributed by atoms with E-state index in [0.717, 1.165) is 12.2 Å². The number of carbonyl (C=O) groups is 2. The summed E-state index contributed by atoms with van der Waals surface area (Å²) in [6.45, 7) is 6.65. The van der Waals surface area contributed by atoms with Crippen molar-refractivity contribution in [1.82, 2.24) is 0 Å². The summed E-state index contributed by atoms with van der Waals surface area (Å²) in [6.07, 6.45) is 2.17. The Bertz CT molecular complexity index is 710. The molecule has 2 rings (SSSR count). The average molecular weight is 322 g/mol. The van der Waals surface area contributed by atoms with Crippen molar-refractivity contribution in [2.24, 2.45) is 10.2 Å². The van der Waals surface area contributed by atoms with E-state index < -0.39 is 11.9 Å². The third-order valence-corrected chi connectivity index (χ3v) is 2.72. The normalized spacial score (nSPS) is 10.2. The zero-order valence-electron chi connectivity index (χ0n) is 12.7. The highest BCUT2D eigenvalue weighted by atomic mass is 16.5. The molecule has 0 bridgehead atoms. The molecule has 2 aromatic carbocycles. The van der Waals surface area contributed by atoms with E-state index in [1.54, 1.807) is 48.5 Å². The van der Waals surface area contributed by atoms with Gasteiger partial charge in [-0.2, -0.15) is 10.2 Å². The molecule has 0 saturated carbocycles. The summed E-state index contributed by atoms with van der Waals surface area (Å²) in [6, 6.07) is 13.1. The number of azo groups is 1. The highest BCUT2D eigenvalue weighted by Crippen LogP contribution is 2.23. The zero-order valence-corrected chi connectivity index (χ0v) is 12.7. The molecule has 0 unspecified atom stereocenters. The first-order valence-electron chi connectivity index (χ1n) is 6.91. The number of rotatable bonds is 6. The van der Waals surface area contributed by atoms with Gasteiger partial charge in [0.15, 0.2) is 0 Å². The van der Waals surface area contributed by atoms with E-state index in [1.807, 2.05) is 0 Å². The number of nitrogens with zero attached hydrogens (tertiary/aromatic N) is 2. The summed E-state index contributed by atoms with van der Waals surface area (Å²) < 4.78 is 9.92. The van der Waals surface area contributed by atoms with Crippen LogP contribution in [0.5, 0.6) is 11.5 Å². The molecule has 0 aliphatic rings.